The topological polar surface area (TPSA) is 70.4 Å². The molecule has 11 heteroatoms. The van der Waals surface area contributed by atoms with Crippen molar-refractivity contribution in [2.24, 2.45) is 0 Å². The molecular weight excluding hydrogens is 524 g/mol. The second-order valence-electron chi connectivity index (χ2n) is 8.86. The number of halogens is 5. The molecule has 2 N–H and O–H groups in total. The summed E-state index contributed by atoms with van der Waals surface area (Å²) >= 11 is 6.10. The molecular formula is C27H25ClF4N4O2. The molecule has 0 saturated heterocycles. The number of carbonyl (C=O) groups is 1. The fourth-order valence-corrected chi connectivity index (χ4v) is 4.34. The van der Waals surface area contributed by atoms with Gasteiger partial charge in [0.05, 0.1) is 41.1 Å². The first-order chi connectivity index (χ1) is 18.0. The van der Waals surface area contributed by atoms with Gasteiger partial charge in [-0.15, -0.1) is 0 Å². The predicted molar refractivity (Wildman–Crippen MR) is 138 cm³/mol. The first-order valence-electron chi connectivity index (χ1n) is 11.8. The van der Waals surface area contributed by atoms with Gasteiger partial charge in [0.1, 0.15) is 5.82 Å². The summed E-state index contributed by atoms with van der Waals surface area (Å²) in [6.07, 6.45) is -3.21. The van der Waals surface area contributed by atoms with Crippen LogP contribution in [0.2, 0.25) is 5.02 Å². The maximum absolute atomic E-state index is 14.2. The molecule has 1 heterocycles. The highest BCUT2D eigenvalue weighted by Crippen LogP contribution is 2.34. The third kappa shape index (κ3) is 5.61. The van der Waals surface area contributed by atoms with E-state index >= 15 is 0 Å². The maximum Gasteiger partial charge on any atom is 0.420 e. The average molecular weight is 549 g/mol. The third-order valence-electron chi connectivity index (χ3n) is 6.12. The molecule has 1 unspecified atom stereocenters. The lowest BCUT2D eigenvalue weighted by atomic mass is 10.0. The van der Waals surface area contributed by atoms with Crippen LogP contribution in [0.25, 0.3) is 16.6 Å². The lowest BCUT2D eigenvalue weighted by molar-refractivity contribution is -0.257. The molecule has 1 amide bonds. The largest absolute Gasteiger partial charge is 0.420 e. The Morgan fingerprint density at radius 1 is 1.08 bits per heavy atom. The fourth-order valence-electron chi connectivity index (χ4n) is 4.12. The Bertz CT molecular complexity index is 1420. The highest BCUT2D eigenvalue weighted by atomic mass is 35.5. The molecule has 0 aliphatic rings. The van der Waals surface area contributed by atoms with Crippen LogP contribution >= 0.6 is 11.6 Å². The van der Waals surface area contributed by atoms with Gasteiger partial charge < -0.3 is 15.3 Å². The molecule has 0 spiro atoms. The van der Waals surface area contributed by atoms with Gasteiger partial charge in [0.15, 0.2) is 5.60 Å². The van der Waals surface area contributed by atoms with Crippen molar-refractivity contribution >= 4 is 34.1 Å². The number of anilines is 1. The van der Waals surface area contributed by atoms with Gasteiger partial charge in [0.25, 0.3) is 5.91 Å². The van der Waals surface area contributed by atoms with Crippen molar-refractivity contribution in [1.82, 2.24) is 14.7 Å². The molecule has 0 fully saturated rings. The van der Waals surface area contributed by atoms with E-state index in [1.54, 1.807) is 37.3 Å². The highest BCUT2D eigenvalue weighted by Gasteiger charge is 2.55. The summed E-state index contributed by atoms with van der Waals surface area (Å²) in [5, 5.41) is 18.5. The molecule has 38 heavy (non-hydrogen) atoms. The minimum atomic E-state index is -5.06. The molecule has 1 aromatic heterocycles. The zero-order chi connectivity index (χ0) is 27.5. The molecule has 3 aromatic carbocycles. The molecule has 0 saturated carbocycles. The van der Waals surface area contributed by atoms with E-state index < -0.39 is 36.6 Å². The first kappa shape index (κ1) is 27.4. The molecule has 0 aliphatic carbocycles. The van der Waals surface area contributed by atoms with Gasteiger partial charge >= 0.3 is 6.18 Å². The van der Waals surface area contributed by atoms with Crippen molar-refractivity contribution in [1.29, 1.82) is 0 Å². The number of hydrogen-bond acceptors (Lipinski definition) is 4. The Morgan fingerprint density at radius 3 is 2.45 bits per heavy atom. The minimum Gasteiger partial charge on any atom is -0.381 e. The molecule has 200 valence electrons. The van der Waals surface area contributed by atoms with Crippen molar-refractivity contribution in [3.8, 4) is 5.69 Å². The van der Waals surface area contributed by atoms with Gasteiger partial charge in [-0.3, -0.25) is 4.79 Å². The summed E-state index contributed by atoms with van der Waals surface area (Å²) in [4.78, 5) is 14.0. The number of fused-ring (bicyclic) bond motifs is 1. The second kappa shape index (κ2) is 11.0. The van der Waals surface area contributed by atoms with Gasteiger partial charge in [-0.1, -0.05) is 36.7 Å². The zero-order valence-electron chi connectivity index (χ0n) is 20.3. The smallest absolute Gasteiger partial charge is 0.381 e. The summed E-state index contributed by atoms with van der Waals surface area (Å²) in [5.74, 6) is -1.12. The Morgan fingerprint density at radius 2 is 1.79 bits per heavy atom. The van der Waals surface area contributed by atoms with Crippen LogP contribution in [0.15, 0.2) is 72.9 Å². The Balaban J connectivity index is 1.61. The van der Waals surface area contributed by atoms with Crippen LogP contribution in [0, 0.1) is 5.82 Å². The maximum atomic E-state index is 14.2. The number of nitrogens with zero attached hydrogens (tertiary/aromatic N) is 3. The van der Waals surface area contributed by atoms with Gasteiger partial charge in [-0.2, -0.15) is 18.3 Å². The molecule has 0 aliphatic heterocycles. The normalized spacial score (nSPS) is 13.3. The molecule has 0 bridgehead atoms. The SMILES string of the molecule is CCCN(CC(O)(CNc1cccc2c1cnn2-c1ccc(F)cc1)C(F)(F)F)C(=O)c1ccccc1Cl. The summed E-state index contributed by atoms with van der Waals surface area (Å²) in [7, 11) is 0. The van der Waals surface area contributed by atoms with Crippen LogP contribution in [0.5, 0.6) is 0 Å². The van der Waals surface area contributed by atoms with Crippen LogP contribution in [-0.4, -0.2) is 57.1 Å². The monoisotopic (exact) mass is 548 g/mol. The van der Waals surface area contributed by atoms with Crippen molar-refractivity contribution in [2.75, 3.05) is 25.0 Å². The lowest BCUT2D eigenvalue weighted by Gasteiger charge is -2.36. The number of carbonyl (C=O) groups excluding carboxylic acids is 1. The number of amides is 1. The lowest BCUT2D eigenvalue weighted by Crippen LogP contribution is -2.58. The number of nitrogens with one attached hydrogen (secondary N) is 1. The van der Waals surface area contributed by atoms with E-state index in [1.807, 2.05) is 0 Å². The van der Waals surface area contributed by atoms with Gasteiger partial charge in [-0.25, -0.2) is 9.07 Å². The fraction of sp³-hybridized carbons (Fsp3) is 0.259. The van der Waals surface area contributed by atoms with E-state index in [9.17, 15) is 27.5 Å². The van der Waals surface area contributed by atoms with Crippen molar-refractivity contribution < 1.29 is 27.5 Å². The zero-order valence-corrected chi connectivity index (χ0v) is 21.1. The highest BCUT2D eigenvalue weighted by molar-refractivity contribution is 6.33. The van der Waals surface area contributed by atoms with Gasteiger partial charge in [-0.05, 0) is 55.0 Å². The average Bonchev–Trinajstić information content (AvgIpc) is 3.32. The van der Waals surface area contributed by atoms with E-state index in [4.69, 9.17) is 11.6 Å². The van der Waals surface area contributed by atoms with E-state index in [0.29, 0.717) is 28.7 Å². The van der Waals surface area contributed by atoms with Gasteiger partial charge in [0.2, 0.25) is 0 Å². The van der Waals surface area contributed by atoms with E-state index in [-0.39, 0.29) is 17.1 Å². The van der Waals surface area contributed by atoms with Crippen molar-refractivity contribution in [2.45, 2.75) is 25.1 Å². The number of benzene rings is 3. The van der Waals surface area contributed by atoms with Crippen LogP contribution in [0.4, 0.5) is 23.2 Å². The quantitative estimate of drug-likeness (QED) is 0.249. The molecule has 0 radical (unpaired) electrons. The molecule has 1 atom stereocenters. The second-order valence-corrected chi connectivity index (χ2v) is 9.27. The predicted octanol–water partition coefficient (Wildman–Crippen LogP) is 6.08. The number of aromatic nitrogens is 2. The number of aliphatic hydroxyl groups is 1. The van der Waals surface area contributed by atoms with Crippen molar-refractivity contribution in [3.05, 3.63) is 89.3 Å². The van der Waals surface area contributed by atoms with E-state index in [1.165, 1.54) is 47.3 Å². The Kier molecular flexibility index (Phi) is 7.94. The minimum absolute atomic E-state index is 0.0114. The van der Waals surface area contributed by atoms with Gasteiger partial charge in [0, 0.05) is 17.6 Å². The third-order valence-corrected chi connectivity index (χ3v) is 6.45. The van der Waals surface area contributed by atoms with Crippen LogP contribution in [-0.2, 0) is 0 Å². The summed E-state index contributed by atoms with van der Waals surface area (Å²) in [5.41, 5.74) is -1.78. The van der Waals surface area contributed by atoms with Crippen LogP contribution < -0.4 is 5.32 Å². The summed E-state index contributed by atoms with van der Waals surface area (Å²) < 4.78 is 57.5. The van der Waals surface area contributed by atoms with Crippen molar-refractivity contribution in [3.63, 3.8) is 0 Å². The molecule has 4 rings (SSSR count). The summed E-state index contributed by atoms with van der Waals surface area (Å²) in [6, 6.07) is 16.6. The van der Waals surface area contributed by atoms with E-state index in [2.05, 4.69) is 10.4 Å². The standard InChI is InChI=1S/C27H25ClF4N4O2/c1-2-14-35(25(37)20-6-3-4-7-22(20)28)17-26(38,27(30,31)32)16-33-23-8-5-9-24-21(23)15-34-36(24)19-12-10-18(29)11-13-19/h3-13,15,33,38H,2,14,16-17H2,1H3. The van der Waals surface area contributed by atoms with Crippen LogP contribution in [0.1, 0.15) is 23.7 Å². The Labute approximate surface area is 221 Å². The summed E-state index contributed by atoms with van der Waals surface area (Å²) in [6.45, 7) is -0.209. The first-order valence-corrected chi connectivity index (χ1v) is 12.2. The van der Waals surface area contributed by atoms with Crippen LogP contribution in [0.3, 0.4) is 0 Å². The number of alkyl halides is 3. The molecule has 4 aromatic rings. The van der Waals surface area contributed by atoms with E-state index in [0.717, 1.165) is 4.90 Å². The Hall–Kier alpha value is -3.63. The number of hydrogen-bond donors (Lipinski definition) is 2. The number of rotatable bonds is 9. The molecule has 6 nitrogen and oxygen atoms in total.